The van der Waals surface area contributed by atoms with Gasteiger partial charge in [-0.15, -0.1) is 0 Å². The maximum atomic E-state index is 14.5. The number of Topliss-reactive ketones (excluding diaryl/α,β-unsaturated/α-hetero) is 1. The van der Waals surface area contributed by atoms with Crippen molar-refractivity contribution in [3.05, 3.63) is 89.2 Å². The van der Waals surface area contributed by atoms with Crippen molar-refractivity contribution in [1.29, 1.82) is 0 Å². The molecule has 0 atom stereocenters. The first-order chi connectivity index (χ1) is 13.5. The first-order valence-electron chi connectivity index (χ1n) is 8.02. The first-order valence-corrected chi connectivity index (χ1v) is 8.02. The molecular formula is C20H10F7NO. The summed E-state index contributed by atoms with van der Waals surface area (Å²) in [4.78, 5) is 14.8. The van der Waals surface area contributed by atoms with Gasteiger partial charge in [-0.2, -0.15) is 22.0 Å². The number of hydrogen-bond donors (Lipinski definition) is 0. The highest BCUT2D eigenvalue weighted by molar-refractivity contribution is 6.00. The van der Waals surface area contributed by atoms with E-state index in [9.17, 15) is 35.5 Å². The van der Waals surface area contributed by atoms with E-state index in [1.54, 1.807) is 0 Å². The molecular weight excluding hydrogens is 403 g/mol. The van der Waals surface area contributed by atoms with E-state index in [-0.39, 0.29) is 5.56 Å². The molecule has 150 valence electrons. The van der Waals surface area contributed by atoms with Gasteiger partial charge in [-0.3, -0.25) is 9.78 Å². The van der Waals surface area contributed by atoms with Crippen molar-refractivity contribution < 1.29 is 35.5 Å². The minimum absolute atomic E-state index is 0.287. The molecule has 0 saturated heterocycles. The Balaban J connectivity index is 1.87. The lowest BCUT2D eigenvalue weighted by molar-refractivity contribution is -0.0885. The lowest BCUT2D eigenvalue weighted by Crippen LogP contribution is -2.22. The van der Waals surface area contributed by atoms with Crippen LogP contribution in [0.15, 0.2) is 60.8 Å². The van der Waals surface area contributed by atoms with Gasteiger partial charge in [0.2, 0.25) is 0 Å². The molecule has 1 heterocycles. The Morgan fingerprint density at radius 3 is 1.93 bits per heavy atom. The lowest BCUT2D eigenvalue weighted by atomic mass is 10.0. The van der Waals surface area contributed by atoms with Gasteiger partial charge in [0.25, 0.3) is 5.78 Å². The molecule has 2 nitrogen and oxygen atoms in total. The summed E-state index contributed by atoms with van der Waals surface area (Å²) in [5, 5.41) is 0. The van der Waals surface area contributed by atoms with E-state index in [2.05, 4.69) is 4.98 Å². The highest BCUT2D eigenvalue weighted by Crippen LogP contribution is 2.36. The summed E-state index contributed by atoms with van der Waals surface area (Å²) in [6, 6.07) is 8.15. The van der Waals surface area contributed by atoms with Crippen molar-refractivity contribution in [3.8, 4) is 11.1 Å². The van der Waals surface area contributed by atoms with Crippen LogP contribution in [0.2, 0.25) is 0 Å². The standard InChI is InChI=1S/C20H10F7NO/c21-14-6-7-15(16(22)9-14)19(23,24)17-8-5-13(10-28-17)11-1-3-12(4-2-11)18(29)20(25,26)27/h1-10H. The number of carbonyl (C=O) groups excluding carboxylic acids is 1. The van der Waals surface area contributed by atoms with Crippen molar-refractivity contribution in [2.45, 2.75) is 12.1 Å². The number of pyridine rings is 1. The van der Waals surface area contributed by atoms with Crippen LogP contribution in [0.4, 0.5) is 30.7 Å². The summed E-state index contributed by atoms with van der Waals surface area (Å²) in [5.41, 5.74) is -1.79. The smallest absolute Gasteiger partial charge is 0.284 e. The fourth-order valence-corrected chi connectivity index (χ4v) is 2.61. The van der Waals surface area contributed by atoms with E-state index in [0.717, 1.165) is 24.4 Å². The van der Waals surface area contributed by atoms with E-state index in [0.29, 0.717) is 23.8 Å². The normalized spacial score (nSPS) is 12.1. The van der Waals surface area contributed by atoms with Gasteiger partial charge in [0.1, 0.15) is 17.3 Å². The third kappa shape index (κ3) is 4.13. The van der Waals surface area contributed by atoms with Crippen molar-refractivity contribution in [3.63, 3.8) is 0 Å². The Kier molecular flexibility index (Phi) is 5.16. The average Bonchev–Trinajstić information content (AvgIpc) is 2.66. The Bertz CT molecular complexity index is 1040. The third-order valence-electron chi connectivity index (χ3n) is 4.09. The molecule has 0 saturated carbocycles. The van der Waals surface area contributed by atoms with Gasteiger partial charge in [0.15, 0.2) is 0 Å². The van der Waals surface area contributed by atoms with Gasteiger partial charge in [-0.1, -0.05) is 30.3 Å². The minimum atomic E-state index is -5.01. The molecule has 0 fully saturated rings. The van der Waals surface area contributed by atoms with Gasteiger partial charge >= 0.3 is 12.1 Å². The number of ketones is 1. The van der Waals surface area contributed by atoms with Crippen LogP contribution in [0.5, 0.6) is 0 Å². The molecule has 0 aliphatic carbocycles. The van der Waals surface area contributed by atoms with Gasteiger partial charge in [-0.05, 0) is 23.8 Å². The fraction of sp³-hybridized carbons (Fsp3) is 0.100. The van der Waals surface area contributed by atoms with Gasteiger partial charge in [0, 0.05) is 23.4 Å². The second-order valence-corrected chi connectivity index (χ2v) is 6.03. The maximum Gasteiger partial charge on any atom is 0.454 e. The molecule has 1 aromatic heterocycles. The summed E-state index contributed by atoms with van der Waals surface area (Å²) in [5.74, 6) is -8.26. The molecule has 2 aromatic carbocycles. The van der Waals surface area contributed by atoms with Gasteiger partial charge in [-0.25, -0.2) is 8.78 Å². The molecule has 0 spiro atoms. The Morgan fingerprint density at radius 1 is 0.793 bits per heavy atom. The summed E-state index contributed by atoms with van der Waals surface area (Å²) in [6.45, 7) is 0. The lowest BCUT2D eigenvalue weighted by Gasteiger charge is -2.17. The van der Waals surface area contributed by atoms with Crippen LogP contribution < -0.4 is 0 Å². The summed E-state index contributed by atoms with van der Waals surface area (Å²) in [7, 11) is 0. The molecule has 0 unspecified atom stereocenters. The summed E-state index contributed by atoms with van der Waals surface area (Å²) < 4.78 is 92.9. The van der Waals surface area contributed by atoms with Crippen LogP contribution in [-0.4, -0.2) is 16.9 Å². The zero-order valence-electron chi connectivity index (χ0n) is 14.3. The number of hydrogen-bond acceptors (Lipinski definition) is 2. The zero-order chi connectivity index (χ0) is 21.4. The largest absolute Gasteiger partial charge is 0.454 e. The number of rotatable bonds is 4. The third-order valence-corrected chi connectivity index (χ3v) is 4.09. The van der Waals surface area contributed by atoms with Crippen LogP contribution in [-0.2, 0) is 5.92 Å². The molecule has 0 aliphatic rings. The highest BCUT2D eigenvalue weighted by atomic mass is 19.4. The van der Waals surface area contributed by atoms with Gasteiger partial charge in [0.05, 0.1) is 5.56 Å². The molecule has 0 bridgehead atoms. The van der Waals surface area contributed by atoms with Crippen LogP contribution in [0.3, 0.4) is 0 Å². The minimum Gasteiger partial charge on any atom is -0.284 e. The summed E-state index contributed by atoms with van der Waals surface area (Å²) in [6.07, 6.45) is -3.98. The SMILES string of the molecule is O=C(c1ccc(-c2ccc(C(F)(F)c3ccc(F)cc3F)nc2)cc1)C(F)(F)F. The second-order valence-electron chi connectivity index (χ2n) is 6.03. The Morgan fingerprint density at radius 2 is 1.41 bits per heavy atom. The molecule has 29 heavy (non-hydrogen) atoms. The van der Waals surface area contributed by atoms with Crippen molar-refractivity contribution in [2.75, 3.05) is 0 Å². The average molecular weight is 413 g/mol. The second kappa shape index (κ2) is 7.31. The van der Waals surface area contributed by atoms with Crippen LogP contribution in [0.1, 0.15) is 21.6 Å². The molecule has 0 N–H and O–H groups in total. The Labute approximate surface area is 159 Å². The van der Waals surface area contributed by atoms with Crippen LogP contribution in [0, 0.1) is 11.6 Å². The van der Waals surface area contributed by atoms with E-state index in [1.165, 1.54) is 18.2 Å². The predicted molar refractivity (Wildman–Crippen MR) is 89.4 cm³/mol. The molecule has 0 radical (unpaired) electrons. The number of carbonyl (C=O) groups is 1. The Hall–Kier alpha value is -3.23. The van der Waals surface area contributed by atoms with E-state index >= 15 is 0 Å². The zero-order valence-corrected chi connectivity index (χ0v) is 14.3. The summed E-state index contributed by atoms with van der Waals surface area (Å²) >= 11 is 0. The number of aromatic nitrogens is 1. The van der Waals surface area contributed by atoms with Crippen molar-refractivity contribution >= 4 is 5.78 Å². The van der Waals surface area contributed by atoms with Crippen molar-refractivity contribution in [2.24, 2.45) is 0 Å². The first kappa shape index (κ1) is 20.5. The molecule has 9 heteroatoms. The maximum absolute atomic E-state index is 14.5. The van der Waals surface area contributed by atoms with E-state index < -0.39 is 46.3 Å². The predicted octanol–water partition coefficient (Wildman–Crippen LogP) is 5.91. The van der Waals surface area contributed by atoms with Crippen molar-refractivity contribution in [1.82, 2.24) is 4.98 Å². The molecule has 0 amide bonds. The number of nitrogens with zero attached hydrogens (tertiary/aromatic N) is 1. The van der Waals surface area contributed by atoms with Crippen LogP contribution >= 0.6 is 0 Å². The monoisotopic (exact) mass is 413 g/mol. The number of halogens is 7. The topological polar surface area (TPSA) is 30.0 Å². The number of benzene rings is 2. The molecule has 3 aromatic rings. The van der Waals surface area contributed by atoms with E-state index in [4.69, 9.17) is 0 Å². The number of alkyl halides is 5. The molecule has 3 rings (SSSR count). The van der Waals surface area contributed by atoms with Gasteiger partial charge < -0.3 is 0 Å². The fourth-order valence-electron chi connectivity index (χ4n) is 2.61. The van der Waals surface area contributed by atoms with E-state index in [1.807, 2.05) is 0 Å². The molecule has 0 aliphatic heterocycles. The quantitative estimate of drug-likeness (QED) is 0.393. The highest BCUT2D eigenvalue weighted by Gasteiger charge is 2.39. The van der Waals surface area contributed by atoms with Crippen LogP contribution in [0.25, 0.3) is 11.1 Å².